The average molecular weight is 268 g/mol. The van der Waals surface area contributed by atoms with Crippen molar-refractivity contribution in [2.75, 3.05) is 12.4 Å². The van der Waals surface area contributed by atoms with Crippen LogP contribution in [0.3, 0.4) is 0 Å². The van der Waals surface area contributed by atoms with E-state index in [1.165, 1.54) is 0 Å². The molecule has 3 heteroatoms. The largest absolute Gasteiger partial charge is 0.388 e. The molecule has 2 aromatic carbocycles. The van der Waals surface area contributed by atoms with Crippen molar-refractivity contribution in [3.63, 3.8) is 0 Å². The van der Waals surface area contributed by atoms with Gasteiger partial charge in [0.25, 0.3) is 5.91 Å². The second-order valence-electron chi connectivity index (χ2n) is 4.89. The van der Waals surface area contributed by atoms with Gasteiger partial charge in [-0.25, -0.2) is 0 Å². The number of hydrogen-bond donors (Lipinski definition) is 2. The zero-order valence-corrected chi connectivity index (χ0v) is 12.1. The fraction of sp³-hybridized carbons (Fsp3) is 0.235. The van der Waals surface area contributed by atoms with Crippen LogP contribution < -0.4 is 10.6 Å². The van der Waals surface area contributed by atoms with Gasteiger partial charge in [0.1, 0.15) is 0 Å². The van der Waals surface area contributed by atoms with Gasteiger partial charge in [-0.15, -0.1) is 0 Å². The number of aryl methyl sites for hydroxylation is 1. The van der Waals surface area contributed by atoms with E-state index in [9.17, 15) is 4.79 Å². The average Bonchev–Trinajstić information content (AvgIpc) is 2.47. The molecule has 0 fully saturated rings. The van der Waals surface area contributed by atoms with E-state index in [-0.39, 0.29) is 11.9 Å². The molecule has 104 valence electrons. The molecule has 0 aliphatic carbocycles. The molecule has 0 aliphatic heterocycles. The molecular formula is C17H20N2O. The molecule has 0 saturated carbocycles. The molecule has 1 amide bonds. The van der Waals surface area contributed by atoms with Gasteiger partial charge in [-0.1, -0.05) is 30.3 Å². The Morgan fingerprint density at radius 1 is 1.10 bits per heavy atom. The van der Waals surface area contributed by atoms with E-state index in [1.54, 1.807) is 0 Å². The summed E-state index contributed by atoms with van der Waals surface area (Å²) < 4.78 is 0. The number of benzene rings is 2. The van der Waals surface area contributed by atoms with Gasteiger partial charge in [-0.2, -0.15) is 0 Å². The first-order valence-corrected chi connectivity index (χ1v) is 6.76. The molecule has 2 N–H and O–H groups in total. The highest BCUT2D eigenvalue weighted by molar-refractivity contribution is 5.96. The minimum absolute atomic E-state index is 0.00734. The van der Waals surface area contributed by atoms with E-state index in [2.05, 4.69) is 10.6 Å². The monoisotopic (exact) mass is 268 g/mol. The summed E-state index contributed by atoms with van der Waals surface area (Å²) in [6.45, 7) is 3.94. The summed E-state index contributed by atoms with van der Waals surface area (Å²) in [6.07, 6.45) is 0. The first-order valence-electron chi connectivity index (χ1n) is 6.76. The van der Waals surface area contributed by atoms with Crippen molar-refractivity contribution in [1.29, 1.82) is 0 Å². The van der Waals surface area contributed by atoms with Crippen molar-refractivity contribution in [3.05, 3.63) is 65.2 Å². The molecule has 2 aromatic rings. The highest BCUT2D eigenvalue weighted by atomic mass is 16.1. The number of anilines is 1. The van der Waals surface area contributed by atoms with Crippen molar-refractivity contribution < 1.29 is 4.79 Å². The first-order chi connectivity index (χ1) is 9.61. The van der Waals surface area contributed by atoms with Gasteiger partial charge in [0, 0.05) is 18.3 Å². The Morgan fingerprint density at radius 3 is 2.40 bits per heavy atom. The summed E-state index contributed by atoms with van der Waals surface area (Å²) in [6, 6.07) is 15.7. The smallest absolute Gasteiger partial charge is 0.252 e. The molecule has 0 aliphatic rings. The zero-order valence-electron chi connectivity index (χ0n) is 12.1. The molecule has 0 radical (unpaired) electrons. The summed E-state index contributed by atoms with van der Waals surface area (Å²) in [5, 5.41) is 6.10. The van der Waals surface area contributed by atoms with Gasteiger partial charge in [0.15, 0.2) is 0 Å². The minimum atomic E-state index is -0.0403. The summed E-state index contributed by atoms with van der Waals surface area (Å²) in [7, 11) is 1.87. The van der Waals surface area contributed by atoms with Crippen LogP contribution in [0.2, 0.25) is 0 Å². The van der Waals surface area contributed by atoms with Gasteiger partial charge < -0.3 is 10.6 Å². The van der Waals surface area contributed by atoms with E-state index >= 15 is 0 Å². The Bertz CT molecular complexity index is 593. The van der Waals surface area contributed by atoms with E-state index < -0.39 is 0 Å². The molecular weight excluding hydrogens is 248 g/mol. The molecule has 2 rings (SSSR count). The summed E-state index contributed by atoms with van der Waals surface area (Å²) >= 11 is 0. The summed E-state index contributed by atoms with van der Waals surface area (Å²) in [4.78, 5) is 12.3. The first kappa shape index (κ1) is 14.1. The van der Waals surface area contributed by atoms with E-state index in [1.807, 2.05) is 69.4 Å². The van der Waals surface area contributed by atoms with Crippen LogP contribution in [0.4, 0.5) is 5.69 Å². The summed E-state index contributed by atoms with van der Waals surface area (Å²) in [5.74, 6) is -0.0403. The molecule has 20 heavy (non-hydrogen) atoms. The minimum Gasteiger partial charge on any atom is -0.388 e. The van der Waals surface area contributed by atoms with Crippen molar-refractivity contribution >= 4 is 11.6 Å². The number of carbonyl (C=O) groups excluding carboxylic acids is 1. The highest BCUT2D eigenvalue weighted by Crippen LogP contribution is 2.17. The number of amides is 1. The van der Waals surface area contributed by atoms with Crippen LogP contribution in [0.1, 0.15) is 34.5 Å². The lowest BCUT2D eigenvalue weighted by molar-refractivity contribution is 0.0939. The molecule has 1 unspecified atom stereocenters. The van der Waals surface area contributed by atoms with E-state index in [0.29, 0.717) is 5.56 Å². The van der Waals surface area contributed by atoms with Crippen LogP contribution in [0.15, 0.2) is 48.5 Å². The van der Waals surface area contributed by atoms with Crippen molar-refractivity contribution in [3.8, 4) is 0 Å². The van der Waals surface area contributed by atoms with Gasteiger partial charge in [0.2, 0.25) is 0 Å². The zero-order chi connectivity index (χ0) is 14.5. The van der Waals surface area contributed by atoms with Crippen LogP contribution in [-0.4, -0.2) is 13.0 Å². The van der Waals surface area contributed by atoms with Crippen LogP contribution >= 0.6 is 0 Å². The predicted molar refractivity (Wildman–Crippen MR) is 83.0 cm³/mol. The Labute approximate surface area is 120 Å². The van der Waals surface area contributed by atoms with Crippen LogP contribution in [0, 0.1) is 6.92 Å². The maximum atomic E-state index is 12.3. The van der Waals surface area contributed by atoms with Crippen LogP contribution in [0.25, 0.3) is 0 Å². The van der Waals surface area contributed by atoms with Gasteiger partial charge in [-0.05, 0) is 43.2 Å². The molecule has 1 atom stereocenters. The fourth-order valence-corrected chi connectivity index (χ4v) is 2.17. The number of nitrogens with one attached hydrogen (secondary N) is 2. The standard InChI is InChI=1S/C17H20N2O/c1-12-11-15(18-3)9-10-16(12)17(20)19-13(2)14-7-5-4-6-8-14/h4-11,13,18H,1-3H3,(H,19,20). The highest BCUT2D eigenvalue weighted by Gasteiger charge is 2.13. The maximum absolute atomic E-state index is 12.3. The second-order valence-corrected chi connectivity index (χ2v) is 4.89. The van der Waals surface area contributed by atoms with Crippen LogP contribution in [-0.2, 0) is 0 Å². The van der Waals surface area contributed by atoms with E-state index in [0.717, 1.165) is 16.8 Å². The van der Waals surface area contributed by atoms with Crippen molar-refractivity contribution in [1.82, 2.24) is 5.32 Å². The molecule has 0 bridgehead atoms. The van der Waals surface area contributed by atoms with Crippen molar-refractivity contribution in [2.45, 2.75) is 19.9 Å². The maximum Gasteiger partial charge on any atom is 0.252 e. The normalized spacial score (nSPS) is 11.8. The fourth-order valence-electron chi connectivity index (χ4n) is 2.17. The molecule has 0 heterocycles. The predicted octanol–water partition coefficient (Wildman–Crippen LogP) is 3.53. The molecule has 0 saturated heterocycles. The lowest BCUT2D eigenvalue weighted by Gasteiger charge is -2.15. The number of carbonyl (C=O) groups is 1. The molecule has 0 aromatic heterocycles. The van der Waals surface area contributed by atoms with Gasteiger partial charge in [0.05, 0.1) is 6.04 Å². The lowest BCUT2D eigenvalue weighted by atomic mass is 10.0. The Balaban J connectivity index is 2.12. The molecule has 3 nitrogen and oxygen atoms in total. The SMILES string of the molecule is CNc1ccc(C(=O)NC(C)c2ccccc2)c(C)c1. The second kappa shape index (κ2) is 6.24. The summed E-state index contributed by atoms with van der Waals surface area (Å²) in [5.41, 5.74) is 3.79. The van der Waals surface area contributed by atoms with Crippen LogP contribution in [0.5, 0.6) is 0 Å². The molecule has 0 spiro atoms. The third-order valence-corrected chi connectivity index (χ3v) is 3.41. The lowest BCUT2D eigenvalue weighted by Crippen LogP contribution is -2.27. The van der Waals surface area contributed by atoms with Crippen molar-refractivity contribution in [2.24, 2.45) is 0 Å². The Morgan fingerprint density at radius 2 is 1.80 bits per heavy atom. The van der Waals surface area contributed by atoms with E-state index in [4.69, 9.17) is 0 Å². The Kier molecular flexibility index (Phi) is 4.41. The third-order valence-electron chi connectivity index (χ3n) is 3.41. The topological polar surface area (TPSA) is 41.1 Å². The number of hydrogen-bond acceptors (Lipinski definition) is 2. The van der Waals surface area contributed by atoms with Gasteiger partial charge >= 0.3 is 0 Å². The number of rotatable bonds is 4. The quantitative estimate of drug-likeness (QED) is 0.890. The van der Waals surface area contributed by atoms with Gasteiger partial charge in [-0.3, -0.25) is 4.79 Å². The third kappa shape index (κ3) is 3.18. The Hall–Kier alpha value is -2.29.